The zero-order valence-corrected chi connectivity index (χ0v) is 13.0. The maximum atomic E-state index is 12.4. The first-order valence-corrected chi connectivity index (χ1v) is 7.70. The van der Waals surface area contributed by atoms with Crippen molar-refractivity contribution in [2.45, 2.75) is 58.5 Å². The van der Waals surface area contributed by atoms with Crippen LogP contribution in [0.25, 0.3) is 5.57 Å². The molecule has 1 aromatic carbocycles. The molecule has 3 rings (SSSR count). The fourth-order valence-electron chi connectivity index (χ4n) is 3.53. The molecular weight excluding hydrogens is 264 g/mol. The smallest absolute Gasteiger partial charge is 0.343 e. The summed E-state index contributed by atoms with van der Waals surface area (Å²) in [6.07, 6.45) is 4.60. The lowest BCUT2D eigenvalue weighted by Crippen LogP contribution is -2.34. The Bertz CT molecular complexity index is 634. The zero-order valence-electron chi connectivity index (χ0n) is 13.0. The highest BCUT2D eigenvalue weighted by Gasteiger charge is 2.49. The lowest BCUT2D eigenvalue weighted by atomic mass is 9.82. The average molecular weight is 286 g/mol. The van der Waals surface area contributed by atoms with Crippen molar-refractivity contribution in [1.29, 1.82) is 0 Å². The molecule has 2 aliphatic rings. The first kappa shape index (κ1) is 14.2. The van der Waals surface area contributed by atoms with Gasteiger partial charge in [-0.15, -0.1) is 0 Å². The monoisotopic (exact) mass is 286 g/mol. The highest BCUT2D eigenvalue weighted by atomic mass is 16.6. The molecule has 3 nitrogen and oxygen atoms in total. The van der Waals surface area contributed by atoms with Gasteiger partial charge >= 0.3 is 5.97 Å². The summed E-state index contributed by atoms with van der Waals surface area (Å²) in [6.45, 7) is 6.05. The third kappa shape index (κ3) is 2.15. The van der Waals surface area contributed by atoms with Crippen LogP contribution in [0.4, 0.5) is 0 Å². The molecule has 3 heteroatoms. The van der Waals surface area contributed by atoms with E-state index in [2.05, 4.69) is 13.0 Å². The van der Waals surface area contributed by atoms with Gasteiger partial charge in [0.1, 0.15) is 5.57 Å². The quantitative estimate of drug-likeness (QED) is 0.789. The number of aryl methyl sites for hydroxylation is 3. The van der Waals surface area contributed by atoms with Crippen LogP contribution in [0.15, 0.2) is 17.9 Å². The number of benzene rings is 1. The Morgan fingerprint density at radius 3 is 2.29 bits per heavy atom. The van der Waals surface area contributed by atoms with Gasteiger partial charge in [-0.2, -0.15) is 0 Å². The van der Waals surface area contributed by atoms with Gasteiger partial charge in [-0.05, 0) is 68.7 Å². The Morgan fingerprint density at radius 2 is 1.62 bits per heavy atom. The van der Waals surface area contributed by atoms with Crippen LogP contribution in [0.5, 0.6) is 0 Å². The molecule has 21 heavy (non-hydrogen) atoms. The van der Waals surface area contributed by atoms with E-state index in [0.29, 0.717) is 5.57 Å². The fraction of sp³-hybridized carbons (Fsp3) is 0.500. The summed E-state index contributed by atoms with van der Waals surface area (Å²) in [5, 5.41) is 10.7. The summed E-state index contributed by atoms with van der Waals surface area (Å²) in [6, 6.07) is 4.05. The molecule has 0 radical (unpaired) electrons. The summed E-state index contributed by atoms with van der Waals surface area (Å²) in [5.74, 6) is -0.223. The van der Waals surface area contributed by atoms with Gasteiger partial charge in [0.25, 0.3) is 0 Å². The van der Waals surface area contributed by atoms with E-state index in [1.807, 2.05) is 19.9 Å². The van der Waals surface area contributed by atoms with Crippen molar-refractivity contribution in [2.24, 2.45) is 0 Å². The number of rotatable bonds is 1. The Balaban J connectivity index is 2.12. The van der Waals surface area contributed by atoms with Crippen LogP contribution in [0.3, 0.4) is 0 Å². The molecule has 1 fully saturated rings. The van der Waals surface area contributed by atoms with Crippen molar-refractivity contribution in [3.63, 3.8) is 0 Å². The minimum Gasteiger partial charge on any atom is -0.507 e. The lowest BCUT2D eigenvalue weighted by molar-refractivity contribution is -0.149. The molecule has 0 aromatic heterocycles. The molecule has 1 aliphatic heterocycles. The van der Waals surface area contributed by atoms with E-state index in [-0.39, 0.29) is 11.7 Å². The number of hydrogen-bond acceptors (Lipinski definition) is 3. The van der Waals surface area contributed by atoms with E-state index in [1.165, 1.54) is 5.56 Å². The maximum Gasteiger partial charge on any atom is 0.343 e. The van der Waals surface area contributed by atoms with Gasteiger partial charge in [-0.25, -0.2) is 4.79 Å². The first-order chi connectivity index (χ1) is 9.94. The third-order valence-corrected chi connectivity index (χ3v) is 4.93. The summed E-state index contributed by atoms with van der Waals surface area (Å²) < 4.78 is 5.63. The van der Waals surface area contributed by atoms with Crippen molar-refractivity contribution >= 4 is 11.5 Å². The lowest BCUT2D eigenvalue weighted by Gasteiger charge is -2.31. The third-order valence-electron chi connectivity index (χ3n) is 4.93. The van der Waals surface area contributed by atoms with E-state index in [4.69, 9.17) is 4.74 Å². The summed E-state index contributed by atoms with van der Waals surface area (Å²) in [7, 11) is 0. The number of aliphatic hydroxyl groups excluding tert-OH is 1. The van der Waals surface area contributed by atoms with Gasteiger partial charge in [-0.1, -0.05) is 18.6 Å². The van der Waals surface area contributed by atoms with Crippen molar-refractivity contribution in [3.05, 3.63) is 40.1 Å². The van der Waals surface area contributed by atoms with Crippen LogP contribution >= 0.6 is 0 Å². The molecule has 1 N–H and O–H groups in total. The first-order valence-electron chi connectivity index (χ1n) is 7.70. The van der Waals surface area contributed by atoms with Crippen molar-refractivity contribution in [3.8, 4) is 0 Å². The number of hydrogen-bond donors (Lipinski definition) is 1. The van der Waals surface area contributed by atoms with Crippen LogP contribution in [0, 0.1) is 20.8 Å². The van der Waals surface area contributed by atoms with Gasteiger partial charge in [0.2, 0.25) is 0 Å². The average Bonchev–Trinajstić information content (AvgIpc) is 2.67. The van der Waals surface area contributed by atoms with Gasteiger partial charge < -0.3 is 9.84 Å². The van der Waals surface area contributed by atoms with Crippen LogP contribution in [0.2, 0.25) is 0 Å². The summed E-state index contributed by atoms with van der Waals surface area (Å²) in [5.41, 5.74) is 3.74. The Labute approximate surface area is 125 Å². The topological polar surface area (TPSA) is 46.5 Å². The number of aliphatic hydroxyl groups is 1. The van der Waals surface area contributed by atoms with Gasteiger partial charge in [0.05, 0.1) is 0 Å². The Hall–Kier alpha value is -1.77. The predicted molar refractivity (Wildman–Crippen MR) is 82.1 cm³/mol. The molecule has 0 amide bonds. The molecule has 0 unspecified atom stereocenters. The molecule has 1 aliphatic carbocycles. The molecule has 0 bridgehead atoms. The molecule has 1 spiro atoms. The fourth-order valence-corrected chi connectivity index (χ4v) is 3.53. The Kier molecular flexibility index (Phi) is 3.31. The normalized spacial score (nSPS) is 21.0. The standard InChI is InChI=1S/C18H22O3/c1-11-9-13(3)14(10-12(11)2)15-16(19)18(21-17(15)20)7-5-4-6-8-18/h9-10,19H,4-8H2,1-3H3. The predicted octanol–water partition coefficient (Wildman–Crippen LogP) is 4.14. The Morgan fingerprint density at radius 1 is 1.00 bits per heavy atom. The number of carbonyl (C=O) groups excluding carboxylic acids is 1. The van der Waals surface area contributed by atoms with Crippen molar-refractivity contribution < 1.29 is 14.6 Å². The molecule has 0 atom stereocenters. The largest absolute Gasteiger partial charge is 0.507 e. The maximum absolute atomic E-state index is 12.4. The molecule has 1 saturated carbocycles. The van der Waals surface area contributed by atoms with Gasteiger partial charge in [0.15, 0.2) is 11.4 Å². The second kappa shape index (κ2) is 4.90. The highest BCUT2D eigenvalue weighted by molar-refractivity contribution is 6.20. The van der Waals surface area contributed by atoms with Crippen LogP contribution in [-0.4, -0.2) is 16.7 Å². The van der Waals surface area contributed by atoms with E-state index in [0.717, 1.165) is 48.8 Å². The zero-order chi connectivity index (χ0) is 15.2. The van der Waals surface area contributed by atoms with E-state index in [1.54, 1.807) is 0 Å². The van der Waals surface area contributed by atoms with Crippen LogP contribution in [0.1, 0.15) is 54.4 Å². The van der Waals surface area contributed by atoms with Crippen LogP contribution in [-0.2, 0) is 9.53 Å². The SMILES string of the molecule is Cc1cc(C)c(C2=C(O)C3(CCCCC3)OC2=O)cc1C. The second-order valence-electron chi connectivity index (χ2n) is 6.42. The number of esters is 1. The van der Waals surface area contributed by atoms with Crippen LogP contribution < -0.4 is 0 Å². The second-order valence-corrected chi connectivity index (χ2v) is 6.42. The van der Waals surface area contributed by atoms with Gasteiger partial charge in [0, 0.05) is 0 Å². The molecular formula is C18H22O3. The van der Waals surface area contributed by atoms with E-state index in [9.17, 15) is 9.90 Å². The van der Waals surface area contributed by atoms with Gasteiger partial charge in [-0.3, -0.25) is 0 Å². The van der Waals surface area contributed by atoms with Crippen molar-refractivity contribution in [2.75, 3.05) is 0 Å². The minimum absolute atomic E-state index is 0.151. The summed E-state index contributed by atoms with van der Waals surface area (Å²) in [4.78, 5) is 12.4. The number of carbonyl (C=O) groups is 1. The molecule has 1 aromatic rings. The molecule has 1 heterocycles. The number of ether oxygens (including phenoxy) is 1. The van der Waals surface area contributed by atoms with E-state index >= 15 is 0 Å². The molecule has 0 saturated heterocycles. The van der Waals surface area contributed by atoms with E-state index < -0.39 is 5.60 Å². The van der Waals surface area contributed by atoms with Crippen molar-refractivity contribution in [1.82, 2.24) is 0 Å². The molecule has 112 valence electrons. The summed E-state index contributed by atoms with van der Waals surface area (Å²) >= 11 is 0. The minimum atomic E-state index is -0.754. The highest BCUT2D eigenvalue weighted by Crippen LogP contribution is 2.45.